The highest BCUT2D eigenvalue weighted by atomic mass is 19.1. The third-order valence-electron chi connectivity index (χ3n) is 6.10. The van der Waals surface area contributed by atoms with Gasteiger partial charge in [0.1, 0.15) is 17.3 Å². The second-order valence-corrected chi connectivity index (χ2v) is 8.18. The summed E-state index contributed by atoms with van der Waals surface area (Å²) >= 11 is 0. The van der Waals surface area contributed by atoms with Crippen LogP contribution in [-0.4, -0.2) is 55.2 Å². The van der Waals surface area contributed by atoms with Crippen molar-refractivity contribution in [3.05, 3.63) is 66.0 Å². The number of ether oxygens (including phenoxy) is 1. The Labute approximate surface area is 194 Å². The molecule has 0 radical (unpaired) electrons. The lowest BCUT2D eigenvalue weighted by molar-refractivity contribution is 0.0608. The topological polar surface area (TPSA) is 104 Å². The molecule has 5 rings (SSSR count). The Balaban J connectivity index is 1.61. The van der Waals surface area contributed by atoms with E-state index in [4.69, 9.17) is 10.5 Å². The monoisotopic (exact) mass is 461 g/mol. The molecule has 10 heteroatoms. The maximum Gasteiger partial charge on any atom is 0.257 e. The number of benzene rings is 1. The van der Waals surface area contributed by atoms with Crippen LogP contribution >= 0.6 is 0 Å². The van der Waals surface area contributed by atoms with E-state index in [1.165, 1.54) is 12.1 Å². The number of carbonyl (C=O) groups is 1. The number of methoxy groups -OCH3 is 1. The zero-order chi connectivity index (χ0) is 24.0. The molecule has 174 valence electrons. The van der Waals surface area contributed by atoms with E-state index >= 15 is 4.39 Å². The van der Waals surface area contributed by atoms with Gasteiger partial charge >= 0.3 is 0 Å². The average Bonchev–Trinajstić information content (AvgIpc) is 3.43. The smallest absolute Gasteiger partial charge is 0.257 e. The molecule has 0 bridgehead atoms. The number of imidazole rings is 1. The van der Waals surface area contributed by atoms with E-state index < -0.39 is 17.8 Å². The number of fused-ring (bicyclic) bond motifs is 4. The van der Waals surface area contributed by atoms with Crippen LogP contribution in [0.5, 0.6) is 0 Å². The summed E-state index contributed by atoms with van der Waals surface area (Å²) in [5, 5.41) is 5.49. The summed E-state index contributed by atoms with van der Waals surface area (Å²) < 4.78 is 24.0. The second kappa shape index (κ2) is 8.38. The van der Waals surface area contributed by atoms with Crippen molar-refractivity contribution in [2.24, 2.45) is 7.05 Å². The largest absolute Gasteiger partial charge is 0.383 e. The number of carbonyl (C=O) groups excluding carboxylic acids is 1. The zero-order valence-electron chi connectivity index (χ0n) is 19.1. The minimum absolute atomic E-state index is 0.0618. The molecule has 0 saturated heterocycles. The van der Waals surface area contributed by atoms with Gasteiger partial charge in [-0.05, 0) is 25.1 Å². The number of anilines is 1. The first-order valence-electron chi connectivity index (χ1n) is 10.8. The van der Waals surface area contributed by atoms with Crippen molar-refractivity contribution in [1.82, 2.24) is 29.0 Å². The van der Waals surface area contributed by atoms with Gasteiger partial charge in [0.2, 0.25) is 0 Å². The molecule has 4 heterocycles. The average molecular weight is 462 g/mol. The fourth-order valence-corrected chi connectivity index (χ4v) is 4.27. The molecule has 1 atom stereocenters. The lowest BCUT2D eigenvalue weighted by Gasteiger charge is -2.28. The van der Waals surface area contributed by atoms with Crippen LogP contribution in [0, 0.1) is 5.82 Å². The summed E-state index contributed by atoms with van der Waals surface area (Å²) in [5.41, 5.74) is 8.49. The van der Waals surface area contributed by atoms with Gasteiger partial charge in [-0.15, -0.1) is 0 Å². The third-order valence-corrected chi connectivity index (χ3v) is 6.10. The van der Waals surface area contributed by atoms with Crippen molar-refractivity contribution >= 4 is 39.2 Å². The Morgan fingerprint density at radius 3 is 2.85 bits per heavy atom. The number of amides is 1. The maximum absolute atomic E-state index is 15.2. The van der Waals surface area contributed by atoms with Gasteiger partial charge in [-0.1, -0.05) is 6.07 Å². The molecule has 5 aromatic rings. The number of hydrogen-bond donors (Lipinski definition) is 1. The number of nitrogen functional groups attached to an aromatic ring is 1. The summed E-state index contributed by atoms with van der Waals surface area (Å²) in [4.78, 5) is 24.2. The number of pyridine rings is 2. The van der Waals surface area contributed by atoms with Crippen LogP contribution in [0.4, 0.5) is 10.2 Å². The number of nitrogens with zero attached hydrogens (tertiary/aromatic N) is 6. The van der Waals surface area contributed by atoms with Gasteiger partial charge in [-0.2, -0.15) is 5.10 Å². The molecule has 0 spiro atoms. The van der Waals surface area contributed by atoms with Crippen LogP contribution in [-0.2, 0) is 11.8 Å². The quantitative estimate of drug-likeness (QED) is 0.416. The van der Waals surface area contributed by atoms with Gasteiger partial charge in [0, 0.05) is 44.5 Å². The van der Waals surface area contributed by atoms with Gasteiger partial charge < -0.3 is 19.8 Å². The Morgan fingerprint density at radius 2 is 2.09 bits per heavy atom. The molecule has 0 saturated carbocycles. The van der Waals surface area contributed by atoms with Crippen molar-refractivity contribution in [3.8, 4) is 0 Å². The fraction of sp³-hybridized carbons (Fsp3) is 0.250. The van der Waals surface area contributed by atoms with Crippen LogP contribution < -0.4 is 5.73 Å². The van der Waals surface area contributed by atoms with E-state index in [9.17, 15) is 4.79 Å². The Bertz CT molecular complexity index is 1510. The molecule has 9 nitrogen and oxygen atoms in total. The molecular weight excluding hydrogens is 437 g/mol. The third kappa shape index (κ3) is 3.52. The Hall–Kier alpha value is -4.05. The summed E-state index contributed by atoms with van der Waals surface area (Å²) in [5.74, 6) is -0.875. The maximum atomic E-state index is 15.2. The van der Waals surface area contributed by atoms with Crippen molar-refractivity contribution in [1.29, 1.82) is 0 Å². The number of hydrogen-bond acceptors (Lipinski definition) is 6. The molecule has 34 heavy (non-hydrogen) atoms. The SMILES string of the molecule is COCCN(C(=O)c1cc2c(cc1F)nc(N)c1cnn(C)c12)C(C)c1cn2ccccc2n1. The Kier molecular flexibility index (Phi) is 5.37. The first kappa shape index (κ1) is 21.8. The number of rotatable bonds is 6. The van der Waals surface area contributed by atoms with E-state index in [0.29, 0.717) is 34.1 Å². The number of aromatic nitrogens is 5. The molecule has 0 fully saturated rings. The molecule has 1 aromatic carbocycles. The van der Waals surface area contributed by atoms with E-state index in [1.54, 1.807) is 29.9 Å². The molecule has 0 aliphatic carbocycles. The van der Waals surface area contributed by atoms with Crippen molar-refractivity contribution in [3.63, 3.8) is 0 Å². The van der Waals surface area contributed by atoms with Crippen LogP contribution in [0.2, 0.25) is 0 Å². The minimum Gasteiger partial charge on any atom is -0.383 e. The summed E-state index contributed by atoms with van der Waals surface area (Å²) in [6.45, 7) is 2.43. The number of halogens is 1. The summed E-state index contributed by atoms with van der Waals surface area (Å²) in [7, 11) is 3.33. The normalized spacial score (nSPS) is 12.6. The summed E-state index contributed by atoms with van der Waals surface area (Å²) in [6, 6.07) is 8.04. The van der Waals surface area contributed by atoms with Gasteiger partial charge in [-0.3, -0.25) is 9.48 Å². The minimum atomic E-state index is -0.671. The first-order valence-corrected chi connectivity index (χ1v) is 10.8. The Morgan fingerprint density at radius 1 is 1.26 bits per heavy atom. The number of aryl methyl sites for hydroxylation is 1. The highest BCUT2D eigenvalue weighted by Crippen LogP contribution is 2.31. The molecule has 4 aromatic heterocycles. The lowest BCUT2D eigenvalue weighted by Crippen LogP contribution is -2.37. The molecular formula is C24H24FN7O2. The van der Waals surface area contributed by atoms with Crippen LogP contribution in [0.3, 0.4) is 0 Å². The highest BCUT2D eigenvalue weighted by molar-refractivity contribution is 6.10. The first-order chi connectivity index (χ1) is 16.4. The molecule has 0 aliphatic heterocycles. The molecule has 1 unspecified atom stereocenters. The predicted octanol–water partition coefficient (Wildman–Crippen LogP) is 3.34. The fourth-order valence-electron chi connectivity index (χ4n) is 4.27. The van der Waals surface area contributed by atoms with Gasteiger partial charge in [-0.25, -0.2) is 14.4 Å². The zero-order valence-corrected chi connectivity index (χ0v) is 19.1. The van der Waals surface area contributed by atoms with Crippen LogP contribution in [0.25, 0.3) is 27.5 Å². The number of nitrogens with two attached hydrogens (primary N) is 1. The van der Waals surface area contributed by atoms with Gasteiger partial charge in [0.25, 0.3) is 5.91 Å². The molecule has 0 aliphatic rings. The van der Waals surface area contributed by atoms with Crippen molar-refractivity contribution in [2.45, 2.75) is 13.0 Å². The lowest BCUT2D eigenvalue weighted by atomic mass is 10.1. The van der Waals surface area contributed by atoms with Crippen molar-refractivity contribution in [2.75, 3.05) is 26.0 Å². The van der Waals surface area contributed by atoms with Gasteiger partial charge in [0.05, 0.1) is 46.5 Å². The van der Waals surface area contributed by atoms with E-state index in [1.807, 2.05) is 41.9 Å². The van der Waals surface area contributed by atoms with Gasteiger partial charge in [0.15, 0.2) is 0 Å². The highest BCUT2D eigenvalue weighted by Gasteiger charge is 2.27. The van der Waals surface area contributed by atoms with E-state index in [2.05, 4.69) is 15.1 Å². The summed E-state index contributed by atoms with van der Waals surface area (Å²) in [6.07, 6.45) is 5.37. The standard InChI is InChI=1S/C24H24FN7O2/c1-14(20-13-31-7-5-4-6-21(31)28-20)32(8-9-34-3)24(33)15-10-16-19(11-18(15)25)29-23(26)17-12-27-30(2)22(16)17/h4-7,10-14H,8-9H2,1-3H3,(H2,26,29). The van der Waals surface area contributed by atoms with E-state index in [0.717, 1.165) is 5.65 Å². The van der Waals surface area contributed by atoms with Crippen LogP contribution in [0.1, 0.15) is 29.0 Å². The molecule has 1 amide bonds. The predicted molar refractivity (Wildman–Crippen MR) is 127 cm³/mol. The van der Waals surface area contributed by atoms with Crippen LogP contribution in [0.15, 0.2) is 48.9 Å². The molecule has 2 N–H and O–H groups in total. The van der Waals surface area contributed by atoms with E-state index in [-0.39, 0.29) is 17.9 Å². The second-order valence-electron chi connectivity index (χ2n) is 8.18. The van der Waals surface area contributed by atoms with Crippen molar-refractivity contribution < 1.29 is 13.9 Å².